The van der Waals surface area contributed by atoms with Gasteiger partial charge in [-0.05, 0) is 38.3 Å². The Morgan fingerprint density at radius 2 is 2.03 bits per heavy atom. The molecule has 1 aliphatic heterocycles. The van der Waals surface area contributed by atoms with Gasteiger partial charge in [0, 0.05) is 18.2 Å². The first-order valence-corrected chi connectivity index (χ1v) is 13.5. The minimum Gasteiger partial charge on any atom is -0.494 e. The molecule has 1 aliphatic carbocycles. The highest BCUT2D eigenvalue weighted by atomic mass is 32.2. The number of hydrogen-bond donors (Lipinski definition) is 1. The number of sulfone groups is 1. The van der Waals surface area contributed by atoms with Crippen LogP contribution in [0, 0.1) is 0 Å². The van der Waals surface area contributed by atoms with Crippen LogP contribution >= 0.6 is 11.8 Å². The van der Waals surface area contributed by atoms with E-state index in [1.54, 1.807) is 0 Å². The second kappa shape index (κ2) is 9.18. The Hall–Kier alpha value is -1.74. The quantitative estimate of drug-likeness (QED) is 0.649. The summed E-state index contributed by atoms with van der Waals surface area (Å²) in [4.78, 5) is 22.9. The Kier molecular flexibility index (Phi) is 6.57. The van der Waals surface area contributed by atoms with Gasteiger partial charge in [0.15, 0.2) is 15.0 Å². The standard InChI is InChI=1S/C21H29N3O4S2/c1-2-28-17-8-9-18-19(12-17)23-21(22-18)29-13-20(25)24(15-6-4-3-5-7-15)16-10-11-30(26,27)14-16/h8-9,12,15-16H,2-7,10-11,13-14H2,1H3,(H,22,23)/t16-/m1/s1. The van der Waals surface area contributed by atoms with Crippen LogP contribution in [0.25, 0.3) is 11.0 Å². The predicted octanol–water partition coefficient (Wildman–Crippen LogP) is 3.40. The van der Waals surface area contributed by atoms with E-state index in [1.807, 2.05) is 30.0 Å². The largest absolute Gasteiger partial charge is 0.494 e. The van der Waals surface area contributed by atoms with Crippen LogP contribution in [-0.4, -0.2) is 65.1 Å². The molecule has 30 heavy (non-hydrogen) atoms. The van der Waals surface area contributed by atoms with Crippen LogP contribution in [0.1, 0.15) is 45.4 Å². The predicted molar refractivity (Wildman–Crippen MR) is 119 cm³/mol. The molecule has 2 fully saturated rings. The Labute approximate surface area is 181 Å². The monoisotopic (exact) mass is 451 g/mol. The highest BCUT2D eigenvalue weighted by molar-refractivity contribution is 7.99. The maximum atomic E-state index is 13.2. The van der Waals surface area contributed by atoms with Gasteiger partial charge in [-0.3, -0.25) is 4.79 Å². The molecule has 1 N–H and O–H groups in total. The van der Waals surface area contributed by atoms with Gasteiger partial charge in [-0.15, -0.1) is 0 Å². The van der Waals surface area contributed by atoms with E-state index in [4.69, 9.17) is 4.74 Å². The van der Waals surface area contributed by atoms with E-state index in [0.717, 1.165) is 42.5 Å². The van der Waals surface area contributed by atoms with Gasteiger partial charge in [0.2, 0.25) is 5.91 Å². The second-order valence-electron chi connectivity index (χ2n) is 8.09. The van der Waals surface area contributed by atoms with Crippen LogP contribution in [0.3, 0.4) is 0 Å². The SMILES string of the molecule is CCOc1ccc2nc(SCC(=O)N(C3CCCCC3)[C@@H]3CCS(=O)(=O)C3)[nH]c2c1. The zero-order valence-corrected chi connectivity index (χ0v) is 18.9. The Morgan fingerprint density at radius 3 is 2.73 bits per heavy atom. The van der Waals surface area contributed by atoms with E-state index >= 15 is 0 Å². The molecule has 164 valence electrons. The lowest BCUT2D eigenvalue weighted by Gasteiger charge is -2.38. The van der Waals surface area contributed by atoms with Crippen molar-refractivity contribution >= 4 is 38.5 Å². The summed E-state index contributed by atoms with van der Waals surface area (Å²) in [5, 5.41) is 0.689. The van der Waals surface area contributed by atoms with Crippen molar-refractivity contribution in [3.63, 3.8) is 0 Å². The van der Waals surface area contributed by atoms with Gasteiger partial charge < -0.3 is 14.6 Å². The number of imidazole rings is 1. The first-order valence-electron chi connectivity index (χ1n) is 10.7. The van der Waals surface area contributed by atoms with E-state index in [0.29, 0.717) is 18.2 Å². The van der Waals surface area contributed by atoms with E-state index in [1.165, 1.54) is 18.2 Å². The topological polar surface area (TPSA) is 92.4 Å². The summed E-state index contributed by atoms with van der Waals surface area (Å²) < 4.78 is 29.6. The number of carbonyl (C=O) groups is 1. The zero-order chi connectivity index (χ0) is 21.1. The molecule has 1 saturated carbocycles. The molecule has 2 aromatic rings. The molecule has 2 aliphatic rings. The number of amides is 1. The summed E-state index contributed by atoms with van der Waals surface area (Å²) in [6.45, 7) is 2.54. The van der Waals surface area contributed by atoms with Crippen molar-refractivity contribution in [1.29, 1.82) is 0 Å². The van der Waals surface area contributed by atoms with Crippen LogP contribution in [0.15, 0.2) is 23.4 Å². The van der Waals surface area contributed by atoms with Crippen LogP contribution in [-0.2, 0) is 14.6 Å². The highest BCUT2D eigenvalue weighted by Gasteiger charge is 2.38. The summed E-state index contributed by atoms with van der Waals surface area (Å²) in [6.07, 6.45) is 5.90. The summed E-state index contributed by atoms with van der Waals surface area (Å²) >= 11 is 1.38. The van der Waals surface area contributed by atoms with E-state index in [2.05, 4.69) is 9.97 Å². The number of ether oxygens (including phenoxy) is 1. The number of aromatic nitrogens is 2. The van der Waals surface area contributed by atoms with Gasteiger partial charge in [-0.1, -0.05) is 31.0 Å². The van der Waals surface area contributed by atoms with Crippen LogP contribution in [0.4, 0.5) is 0 Å². The van der Waals surface area contributed by atoms with Gasteiger partial charge >= 0.3 is 0 Å². The third-order valence-electron chi connectivity index (χ3n) is 5.93. The third-order valence-corrected chi connectivity index (χ3v) is 8.54. The van der Waals surface area contributed by atoms with Gasteiger partial charge in [-0.25, -0.2) is 13.4 Å². The smallest absolute Gasteiger partial charge is 0.233 e. The molecule has 1 aromatic heterocycles. The molecule has 1 saturated heterocycles. The lowest BCUT2D eigenvalue weighted by atomic mass is 9.93. The third kappa shape index (κ3) is 4.94. The number of aromatic amines is 1. The maximum absolute atomic E-state index is 13.2. The van der Waals surface area contributed by atoms with Crippen molar-refractivity contribution in [2.45, 2.75) is 62.7 Å². The number of benzene rings is 1. The molecular weight excluding hydrogens is 422 g/mol. The van der Waals surface area contributed by atoms with Gasteiger partial charge in [-0.2, -0.15) is 0 Å². The van der Waals surface area contributed by atoms with E-state index in [-0.39, 0.29) is 35.2 Å². The van der Waals surface area contributed by atoms with Crippen LogP contribution < -0.4 is 4.74 Å². The Morgan fingerprint density at radius 1 is 1.23 bits per heavy atom. The van der Waals surface area contributed by atoms with Crippen molar-refractivity contribution in [3.05, 3.63) is 18.2 Å². The van der Waals surface area contributed by atoms with Crippen LogP contribution in [0.2, 0.25) is 0 Å². The number of hydrogen-bond acceptors (Lipinski definition) is 6. The van der Waals surface area contributed by atoms with Crippen molar-refractivity contribution < 1.29 is 17.9 Å². The zero-order valence-electron chi connectivity index (χ0n) is 17.3. The van der Waals surface area contributed by atoms with Gasteiger partial charge in [0.05, 0.1) is 34.9 Å². The second-order valence-corrected chi connectivity index (χ2v) is 11.3. The molecule has 1 atom stereocenters. The average Bonchev–Trinajstić information content (AvgIpc) is 3.29. The van der Waals surface area contributed by atoms with E-state index in [9.17, 15) is 13.2 Å². The molecule has 0 unspecified atom stereocenters. The summed E-state index contributed by atoms with van der Waals surface area (Å²) in [7, 11) is -3.04. The highest BCUT2D eigenvalue weighted by Crippen LogP contribution is 2.30. The van der Waals surface area contributed by atoms with Crippen molar-refractivity contribution in [2.75, 3.05) is 23.9 Å². The number of nitrogens with zero attached hydrogens (tertiary/aromatic N) is 2. The molecule has 2 heterocycles. The van der Waals surface area contributed by atoms with Crippen molar-refractivity contribution in [3.8, 4) is 5.75 Å². The first kappa shape index (κ1) is 21.5. The lowest BCUT2D eigenvalue weighted by molar-refractivity contribution is -0.133. The average molecular weight is 452 g/mol. The molecule has 1 amide bonds. The Balaban J connectivity index is 1.46. The van der Waals surface area contributed by atoms with Gasteiger partial charge in [0.1, 0.15) is 5.75 Å². The van der Waals surface area contributed by atoms with E-state index < -0.39 is 9.84 Å². The van der Waals surface area contributed by atoms with Crippen molar-refractivity contribution in [2.24, 2.45) is 0 Å². The molecule has 4 rings (SSSR count). The molecule has 7 nitrogen and oxygen atoms in total. The fourth-order valence-electron chi connectivity index (χ4n) is 4.55. The lowest BCUT2D eigenvalue weighted by Crippen LogP contribution is -2.49. The van der Waals surface area contributed by atoms with Crippen molar-refractivity contribution in [1.82, 2.24) is 14.9 Å². The van der Waals surface area contributed by atoms with Crippen LogP contribution in [0.5, 0.6) is 5.75 Å². The van der Waals surface area contributed by atoms with Gasteiger partial charge in [0.25, 0.3) is 0 Å². The number of H-pyrrole nitrogens is 1. The molecule has 0 bridgehead atoms. The normalized spacial score (nSPS) is 21.7. The first-order chi connectivity index (χ1) is 14.4. The number of thioether (sulfide) groups is 1. The molecule has 0 radical (unpaired) electrons. The molecule has 0 spiro atoms. The number of fused-ring (bicyclic) bond motifs is 1. The molecule has 1 aromatic carbocycles. The number of carbonyl (C=O) groups excluding carboxylic acids is 1. The molecule has 9 heteroatoms. The summed E-state index contributed by atoms with van der Waals surface area (Å²) in [5.74, 6) is 1.35. The fourth-order valence-corrected chi connectivity index (χ4v) is 7.02. The Bertz CT molecular complexity index is 999. The maximum Gasteiger partial charge on any atom is 0.233 e. The summed E-state index contributed by atoms with van der Waals surface area (Å²) in [6, 6.07) is 5.68. The fraction of sp³-hybridized carbons (Fsp3) is 0.619. The number of nitrogens with one attached hydrogen (secondary N) is 1. The minimum atomic E-state index is -3.04. The summed E-state index contributed by atoms with van der Waals surface area (Å²) in [5.41, 5.74) is 1.71. The minimum absolute atomic E-state index is 0.0180. The number of rotatable bonds is 7. The molecular formula is C21H29N3O4S2.